The number of carbonyl (C=O) groups excluding carboxylic acids is 1. The molecule has 0 aliphatic heterocycles. The highest BCUT2D eigenvalue weighted by atomic mass is 19.2. The van der Waals surface area contributed by atoms with Crippen LogP contribution in [0.25, 0.3) is 0 Å². The molecule has 1 aromatic rings. The second kappa shape index (κ2) is 5.11. The van der Waals surface area contributed by atoms with E-state index in [0.717, 1.165) is 0 Å². The predicted octanol–water partition coefficient (Wildman–Crippen LogP) is 2.51. The van der Waals surface area contributed by atoms with Crippen molar-refractivity contribution in [3.63, 3.8) is 0 Å². The third-order valence-corrected chi connectivity index (χ3v) is 1.82. The molecule has 0 aromatic heterocycles. The molecule has 0 unspecified atom stereocenters. The van der Waals surface area contributed by atoms with Crippen LogP contribution in [0, 0.1) is 29.1 Å². The second-order valence-electron chi connectivity index (χ2n) is 3.44. The number of amides is 1. The van der Waals surface area contributed by atoms with E-state index in [4.69, 9.17) is 0 Å². The Morgan fingerprint density at radius 3 is 1.67 bits per heavy atom. The van der Waals surface area contributed by atoms with Crippen molar-refractivity contribution in [1.82, 2.24) is 5.43 Å². The third-order valence-electron chi connectivity index (χ3n) is 1.82. The van der Waals surface area contributed by atoms with Crippen molar-refractivity contribution in [2.24, 2.45) is 5.10 Å². The molecule has 0 saturated carbocycles. The summed E-state index contributed by atoms with van der Waals surface area (Å²) in [6.07, 6.45) is 0. The summed E-state index contributed by atoms with van der Waals surface area (Å²) in [4.78, 5) is 11.3. The fraction of sp³-hybridized carbons (Fsp3) is 0.200. The van der Waals surface area contributed by atoms with Gasteiger partial charge < -0.3 is 0 Å². The topological polar surface area (TPSA) is 41.5 Å². The summed E-state index contributed by atoms with van der Waals surface area (Å²) < 4.78 is 64.6. The van der Waals surface area contributed by atoms with E-state index in [-0.39, 0.29) is 0 Å². The number of nitrogens with one attached hydrogen (secondary N) is 1. The highest BCUT2D eigenvalue weighted by Crippen LogP contribution is 2.22. The average molecular weight is 266 g/mol. The molecule has 0 saturated heterocycles. The van der Waals surface area contributed by atoms with Crippen molar-refractivity contribution in [3.8, 4) is 0 Å². The van der Waals surface area contributed by atoms with Crippen molar-refractivity contribution in [2.75, 3.05) is 0 Å². The minimum absolute atomic E-state index is 0.326. The number of hydrazone groups is 1. The van der Waals surface area contributed by atoms with E-state index in [0.29, 0.717) is 5.71 Å². The van der Waals surface area contributed by atoms with E-state index in [2.05, 4.69) is 5.10 Å². The smallest absolute Gasteiger partial charge is 0.267 e. The van der Waals surface area contributed by atoms with Crippen LogP contribution in [-0.2, 0) is 0 Å². The van der Waals surface area contributed by atoms with E-state index >= 15 is 0 Å². The van der Waals surface area contributed by atoms with Gasteiger partial charge in [-0.15, -0.1) is 0 Å². The van der Waals surface area contributed by atoms with E-state index in [9.17, 15) is 26.7 Å². The Kier molecular flexibility index (Phi) is 4.00. The molecule has 0 fully saturated rings. The maximum absolute atomic E-state index is 13.1. The number of halogens is 5. The largest absolute Gasteiger partial charge is 0.277 e. The van der Waals surface area contributed by atoms with Crippen molar-refractivity contribution < 1.29 is 26.7 Å². The molecule has 0 bridgehead atoms. The Hall–Kier alpha value is -1.99. The van der Waals surface area contributed by atoms with Gasteiger partial charge >= 0.3 is 0 Å². The Balaban J connectivity index is 3.33. The molecule has 98 valence electrons. The van der Waals surface area contributed by atoms with Crippen LogP contribution in [0.1, 0.15) is 24.2 Å². The van der Waals surface area contributed by atoms with Gasteiger partial charge in [0.2, 0.25) is 5.82 Å². The van der Waals surface area contributed by atoms with Gasteiger partial charge in [-0.25, -0.2) is 27.4 Å². The van der Waals surface area contributed by atoms with Crippen LogP contribution in [0.15, 0.2) is 5.10 Å². The molecule has 0 aliphatic carbocycles. The first-order valence-corrected chi connectivity index (χ1v) is 4.60. The number of nitrogens with zero attached hydrogens (tertiary/aromatic N) is 1. The lowest BCUT2D eigenvalue weighted by atomic mass is 10.1. The molecule has 1 rings (SSSR count). The van der Waals surface area contributed by atoms with Gasteiger partial charge in [0.1, 0.15) is 5.56 Å². The minimum Gasteiger partial charge on any atom is -0.267 e. The van der Waals surface area contributed by atoms with Gasteiger partial charge in [0.05, 0.1) is 0 Å². The molecular weight excluding hydrogens is 259 g/mol. The first-order valence-electron chi connectivity index (χ1n) is 4.60. The Bertz CT molecular complexity index is 509. The quantitative estimate of drug-likeness (QED) is 0.288. The fourth-order valence-corrected chi connectivity index (χ4v) is 1.02. The number of benzene rings is 1. The van der Waals surface area contributed by atoms with E-state index in [1.165, 1.54) is 13.8 Å². The maximum Gasteiger partial charge on any atom is 0.277 e. The molecule has 1 aromatic carbocycles. The maximum atomic E-state index is 13.1. The van der Waals surface area contributed by atoms with Crippen molar-refractivity contribution in [3.05, 3.63) is 34.6 Å². The molecule has 0 spiro atoms. The summed E-state index contributed by atoms with van der Waals surface area (Å²) in [5.74, 6) is -12.6. The summed E-state index contributed by atoms with van der Waals surface area (Å²) in [6.45, 7) is 2.91. The first-order chi connectivity index (χ1) is 8.27. The van der Waals surface area contributed by atoms with Crippen LogP contribution < -0.4 is 5.43 Å². The predicted molar refractivity (Wildman–Crippen MR) is 52.5 cm³/mol. The fourth-order valence-electron chi connectivity index (χ4n) is 1.02. The Labute approximate surface area is 98.3 Å². The summed E-state index contributed by atoms with van der Waals surface area (Å²) >= 11 is 0. The van der Waals surface area contributed by atoms with Gasteiger partial charge in [-0.05, 0) is 13.8 Å². The van der Waals surface area contributed by atoms with Gasteiger partial charge in [0.15, 0.2) is 23.3 Å². The van der Waals surface area contributed by atoms with Crippen molar-refractivity contribution in [1.29, 1.82) is 0 Å². The van der Waals surface area contributed by atoms with Gasteiger partial charge in [-0.3, -0.25) is 4.79 Å². The highest BCUT2D eigenvalue weighted by molar-refractivity contribution is 5.95. The van der Waals surface area contributed by atoms with Gasteiger partial charge in [-0.1, -0.05) is 0 Å². The van der Waals surface area contributed by atoms with Crippen molar-refractivity contribution >= 4 is 11.6 Å². The second-order valence-corrected chi connectivity index (χ2v) is 3.44. The molecule has 8 heteroatoms. The van der Waals surface area contributed by atoms with Gasteiger partial charge in [-0.2, -0.15) is 5.10 Å². The zero-order valence-corrected chi connectivity index (χ0v) is 9.25. The molecule has 0 radical (unpaired) electrons. The zero-order valence-electron chi connectivity index (χ0n) is 9.25. The Morgan fingerprint density at radius 2 is 1.28 bits per heavy atom. The SMILES string of the molecule is CC(C)=NNC(=O)c1c(F)c(F)c(F)c(F)c1F. The van der Waals surface area contributed by atoms with E-state index < -0.39 is 40.6 Å². The summed E-state index contributed by atoms with van der Waals surface area (Å²) in [5, 5.41) is 3.31. The lowest BCUT2D eigenvalue weighted by molar-refractivity contribution is 0.0943. The number of hydrogen-bond acceptors (Lipinski definition) is 2. The summed E-state index contributed by atoms with van der Waals surface area (Å²) in [5.41, 5.74) is 0.421. The number of rotatable bonds is 2. The zero-order chi connectivity index (χ0) is 14.0. The summed E-state index contributed by atoms with van der Waals surface area (Å²) in [7, 11) is 0. The van der Waals surface area contributed by atoms with Crippen molar-refractivity contribution in [2.45, 2.75) is 13.8 Å². The molecule has 3 nitrogen and oxygen atoms in total. The molecule has 18 heavy (non-hydrogen) atoms. The average Bonchev–Trinajstić information content (AvgIpc) is 2.31. The Morgan fingerprint density at radius 1 is 0.889 bits per heavy atom. The molecule has 1 N–H and O–H groups in total. The highest BCUT2D eigenvalue weighted by Gasteiger charge is 2.29. The molecule has 0 atom stereocenters. The number of hydrogen-bond donors (Lipinski definition) is 1. The number of carbonyl (C=O) groups is 1. The molecule has 1 amide bonds. The van der Waals surface area contributed by atoms with Crippen LogP contribution in [0.3, 0.4) is 0 Å². The van der Waals surface area contributed by atoms with Crippen LogP contribution in [0.4, 0.5) is 22.0 Å². The van der Waals surface area contributed by atoms with Crippen LogP contribution in [-0.4, -0.2) is 11.6 Å². The monoisotopic (exact) mass is 266 g/mol. The van der Waals surface area contributed by atoms with Gasteiger partial charge in [0, 0.05) is 5.71 Å². The van der Waals surface area contributed by atoms with E-state index in [1.807, 2.05) is 0 Å². The minimum atomic E-state index is -2.32. The first kappa shape index (κ1) is 14.1. The van der Waals surface area contributed by atoms with Crippen LogP contribution in [0.5, 0.6) is 0 Å². The standard InChI is InChI=1S/C10H7F5N2O/c1-3(2)16-17-10(18)4-5(11)7(13)9(15)8(14)6(4)12/h1-2H3,(H,17,18). The summed E-state index contributed by atoms with van der Waals surface area (Å²) in [6, 6.07) is 0. The third kappa shape index (κ3) is 2.47. The van der Waals surface area contributed by atoms with E-state index in [1.54, 1.807) is 5.43 Å². The van der Waals surface area contributed by atoms with Gasteiger partial charge in [0.25, 0.3) is 5.91 Å². The molecule has 0 heterocycles. The lowest BCUT2D eigenvalue weighted by Gasteiger charge is -2.06. The van der Waals surface area contributed by atoms with Crippen LogP contribution in [0.2, 0.25) is 0 Å². The normalized spacial score (nSPS) is 10.2. The molecule has 0 aliphatic rings. The van der Waals surface area contributed by atoms with Crippen LogP contribution >= 0.6 is 0 Å². The molecular formula is C10H7F5N2O. The lowest BCUT2D eigenvalue weighted by Crippen LogP contribution is -2.23.